The number of aliphatic hydroxyl groups excluding tert-OH is 2. The highest BCUT2D eigenvalue weighted by atomic mass is 16.5. The second kappa shape index (κ2) is 10.5. The Kier molecular flexibility index (Phi) is 7.53. The SMILES string of the molecule is CN(C)CCCOC(=O)/C=C/c1ccc(N=O)c2c1C[C@H]1C[C@H]3CC(=O)C(C(N)=O)=C(O)[C@@]3(O)C(=O)C1=C2O. The van der Waals surface area contributed by atoms with E-state index in [0.717, 1.165) is 6.54 Å². The zero-order chi connectivity index (χ0) is 28.6. The van der Waals surface area contributed by atoms with E-state index in [-0.39, 0.29) is 36.3 Å². The molecular formula is C27H29N3O9. The smallest absolute Gasteiger partial charge is 0.330 e. The average Bonchev–Trinajstić information content (AvgIpc) is 2.87. The first-order valence-corrected chi connectivity index (χ1v) is 12.4. The standard InChI is InChI=1S/C27H29N3O9/c1-30(2)8-3-9-39-19(32)7-5-13-4-6-17(29-38)21-16(13)11-14-10-15-12-18(31)22(26(28)36)25(35)27(15,37)24(34)20(14)23(21)33/h4-7,14-15,33,35,37H,3,8-12H2,1-2H3,(H2,28,36)/b7-5+/t14-,15+,27+/m1/s1. The van der Waals surface area contributed by atoms with Gasteiger partial charge in [-0.15, -0.1) is 4.91 Å². The van der Waals surface area contributed by atoms with Crippen LogP contribution in [-0.4, -0.2) is 76.5 Å². The van der Waals surface area contributed by atoms with Gasteiger partial charge in [-0.25, -0.2) is 4.79 Å². The number of hydrogen-bond acceptors (Lipinski definition) is 11. The summed E-state index contributed by atoms with van der Waals surface area (Å²) in [6.45, 7) is 0.976. The topological polar surface area (TPSA) is 197 Å². The van der Waals surface area contributed by atoms with Crippen LogP contribution >= 0.6 is 0 Å². The van der Waals surface area contributed by atoms with E-state index in [4.69, 9.17) is 10.5 Å². The summed E-state index contributed by atoms with van der Waals surface area (Å²) in [7, 11) is 3.81. The monoisotopic (exact) mass is 539 g/mol. The van der Waals surface area contributed by atoms with Gasteiger partial charge in [-0.05, 0) is 67.7 Å². The molecular weight excluding hydrogens is 510 g/mol. The fraction of sp³-hybridized carbons (Fsp3) is 0.407. The summed E-state index contributed by atoms with van der Waals surface area (Å²) in [4.78, 5) is 63.6. The van der Waals surface area contributed by atoms with Crippen molar-refractivity contribution in [3.8, 4) is 0 Å². The molecule has 12 nitrogen and oxygen atoms in total. The van der Waals surface area contributed by atoms with Gasteiger partial charge in [0.05, 0.1) is 6.61 Å². The molecule has 39 heavy (non-hydrogen) atoms. The number of nitrogens with zero attached hydrogens (tertiary/aromatic N) is 2. The van der Waals surface area contributed by atoms with E-state index < -0.39 is 64.4 Å². The Bertz CT molecular complexity index is 1370. The maximum Gasteiger partial charge on any atom is 0.330 e. The molecule has 5 N–H and O–H groups in total. The largest absolute Gasteiger partial charge is 0.508 e. The van der Waals surface area contributed by atoms with Gasteiger partial charge in [0.1, 0.15) is 22.8 Å². The number of nitroso groups, excluding NO2 is 1. The van der Waals surface area contributed by atoms with Gasteiger partial charge in [-0.2, -0.15) is 0 Å². The van der Waals surface area contributed by atoms with Gasteiger partial charge < -0.3 is 30.7 Å². The molecule has 1 saturated carbocycles. The molecule has 1 fully saturated rings. The van der Waals surface area contributed by atoms with Crippen molar-refractivity contribution >= 4 is 41.0 Å². The Morgan fingerprint density at radius 1 is 1.23 bits per heavy atom. The Hall–Kier alpha value is -4.16. The van der Waals surface area contributed by atoms with Crippen molar-refractivity contribution in [3.63, 3.8) is 0 Å². The minimum atomic E-state index is -2.64. The van der Waals surface area contributed by atoms with Crippen molar-refractivity contribution in [3.05, 3.63) is 56.7 Å². The molecule has 0 radical (unpaired) electrons. The van der Waals surface area contributed by atoms with Gasteiger partial charge in [0.25, 0.3) is 5.91 Å². The lowest BCUT2D eigenvalue weighted by Gasteiger charge is -2.46. The number of ether oxygens (including phenoxy) is 1. The number of carbonyl (C=O) groups is 4. The van der Waals surface area contributed by atoms with E-state index in [9.17, 15) is 39.4 Å². The number of carbonyl (C=O) groups excluding carboxylic acids is 4. The van der Waals surface area contributed by atoms with E-state index in [0.29, 0.717) is 17.5 Å². The summed E-state index contributed by atoms with van der Waals surface area (Å²) < 4.78 is 5.20. The molecule has 3 aliphatic carbocycles. The Morgan fingerprint density at radius 3 is 2.59 bits per heavy atom. The van der Waals surface area contributed by atoms with Gasteiger partial charge in [-0.1, -0.05) is 6.07 Å². The molecule has 1 aromatic rings. The Balaban J connectivity index is 1.73. The number of fused-ring (bicyclic) bond motifs is 3. The van der Waals surface area contributed by atoms with Crippen LogP contribution < -0.4 is 5.73 Å². The van der Waals surface area contributed by atoms with Gasteiger partial charge >= 0.3 is 5.97 Å². The lowest BCUT2D eigenvalue weighted by atomic mass is 9.59. The molecule has 0 aliphatic heterocycles. The summed E-state index contributed by atoms with van der Waals surface area (Å²) in [5.74, 6) is -7.27. The molecule has 0 bridgehead atoms. The molecule has 0 aromatic heterocycles. The van der Waals surface area contributed by atoms with Crippen molar-refractivity contribution in [1.82, 2.24) is 4.90 Å². The van der Waals surface area contributed by atoms with Crippen LogP contribution in [0.25, 0.3) is 11.8 Å². The van der Waals surface area contributed by atoms with Gasteiger partial charge in [0.15, 0.2) is 11.4 Å². The van der Waals surface area contributed by atoms with Crippen molar-refractivity contribution in [2.45, 2.75) is 31.3 Å². The number of nitrogens with two attached hydrogens (primary N) is 1. The third-order valence-electron chi connectivity index (χ3n) is 7.47. The molecule has 1 aromatic carbocycles. The number of esters is 1. The minimum absolute atomic E-state index is 0.00126. The van der Waals surface area contributed by atoms with Gasteiger partial charge in [-0.3, -0.25) is 14.4 Å². The maximum absolute atomic E-state index is 13.6. The molecule has 0 spiro atoms. The summed E-state index contributed by atoms with van der Waals surface area (Å²) in [6, 6.07) is 2.86. The summed E-state index contributed by atoms with van der Waals surface area (Å²) in [6.07, 6.45) is 3.03. The molecule has 0 heterocycles. The van der Waals surface area contributed by atoms with Gasteiger partial charge in [0, 0.05) is 36.1 Å². The number of Topliss-reactive ketones (excluding diaryl/α,β-unsaturated/α-hetero) is 2. The Morgan fingerprint density at radius 2 is 1.95 bits per heavy atom. The zero-order valence-corrected chi connectivity index (χ0v) is 21.5. The fourth-order valence-electron chi connectivity index (χ4n) is 5.64. The highest BCUT2D eigenvalue weighted by molar-refractivity contribution is 6.22. The second-order valence-electron chi connectivity index (χ2n) is 10.2. The number of benzene rings is 1. The lowest BCUT2D eigenvalue weighted by Crippen LogP contribution is -2.58. The third kappa shape index (κ3) is 4.77. The summed E-state index contributed by atoms with van der Waals surface area (Å²) in [5.41, 5.74) is 2.15. The van der Waals surface area contributed by atoms with E-state index in [1.165, 1.54) is 18.2 Å². The first-order valence-electron chi connectivity index (χ1n) is 12.4. The van der Waals surface area contributed by atoms with Crippen molar-refractivity contribution in [2.75, 3.05) is 27.2 Å². The molecule has 4 rings (SSSR count). The average molecular weight is 540 g/mol. The lowest BCUT2D eigenvalue weighted by molar-refractivity contribution is -0.147. The molecule has 3 atom stereocenters. The Labute approximate surface area is 223 Å². The molecule has 206 valence electrons. The van der Waals surface area contributed by atoms with Crippen LogP contribution in [0.2, 0.25) is 0 Å². The minimum Gasteiger partial charge on any atom is -0.508 e. The van der Waals surface area contributed by atoms with E-state index >= 15 is 0 Å². The maximum atomic E-state index is 13.6. The summed E-state index contributed by atoms with van der Waals surface area (Å²) in [5, 5.41) is 36.1. The fourth-order valence-corrected chi connectivity index (χ4v) is 5.64. The molecule has 0 saturated heterocycles. The molecule has 3 aliphatic rings. The predicted octanol–water partition coefficient (Wildman–Crippen LogP) is 1.62. The highest BCUT2D eigenvalue weighted by Crippen LogP contribution is 2.52. The van der Waals surface area contributed by atoms with Crippen molar-refractivity contribution < 1.29 is 39.2 Å². The highest BCUT2D eigenvalue weighted by Gasteiger charge is 2.60. The number of hydrogen-bond donors (Lipinski definition) is 4. The van der Waals surface area contributed by atoms with Crippen LogP contribution in [-0.2, 0) is 30.3 Å². The number of aliphatic hydroxyl groups is 3. The molecule has 12 heteroatoms. The third-order valence-corrected chi connectivity index (χ3v) is 7.47. The van der Waals surface area contributed by atoms with Crippen LogP contribution in [0.15, 0.2) is 40.3 Å². The quantitative estimate of drug-likeness (QED) is 0.124. The normalized spacial score (nSPS) is 24.5. The van der Waals surface area contributed by atoms with Crippen LogP contribution in [0.4, 0.5) is 5.69 Å². The predicted molar refractivity (Wildman–Crippen MR) is 138 cm³/mol. The first-order chi connectivity index (χ1) is 18.4. The van der Waals surface area contributed by atoms with Crippen LogP contribution in [0.3, 0.4) is 0 Å². The van der Waals surface area contributed by atoms with Crippen LogP contribution in [0.5, 0.6) is 0 Å². The number of amides is 1. The number of primary amides is 1. The van der Waals surface area contributed by atoms with Crippen molar-refractivity contribution in [1.29, 1.82) is 0 Å². The van der Waals surface area contributed by atoms with Crippen molar-refractivity contribution in [2.24, 2.45) is 22.7 Å². The zero-order valence-electron chi connectivity index (χ0n) is 21.5. The van der Waals surface area contributed by atoms with Gasteiger partial charge in [0.2, 0.25) is 5.78 Å². The molecule has 0 unspecified atom stereocenters. The molecule has 1 amide bonds. The summed E-state index contributed by atoms with van der Waals surface area (Å²) >= 11 is 0. The number of ketones is 2. The van der Waals surface area contributed by atoms with E-state index in [1.807, 2.05) is 19.0 Å². The first kappa shape index (κ1) is 27.9. The van der Waals surface area contributed by atoms with E-state index in [2.05, 4.69) is 5.18 Å². The van der Waals surface area contributed by atoms with Crippen LogP contribution in [0.1, 0.15) is 36.0 Å². The second-order valence-corrected chi connectivity index (χ2v) is 10.2. The number of rotatable bonds is 8. The van der Waals surface area contributed by atoms with Crippen LogP contribution in [0, 0.1) is 16.7 Å². The van der Waals surface area contributed by atoms with E-state index in [1.54, 1.807) is 6.07 Å².